The van der Waals surface area contributed by atoms with Crippen LogP contribution in [-0.4, -0.2) is 15.7 Å². The number of rotatable bonds is 3. The molecule has 0 bridgehead atoms. The zero-order chi connectivity index (χ0) is 14.9. The maximum atomic E-state index is 12.6. The molecule has 20 heavy (non-hydrogen) atoms. The minimum atomic E-state index is -4.27. The largest absolute Gasteiger partial charge is 0.391 e. The molecular formula is C13H11ClF3N3. The lowest BCUT2D eigenvalue weighted by Crippen LogP contribution is -2.17. The number of hydrogen-bond acceptors (Lipinski definition) is 2. The number of halogens is 4. The Bertz CT molecular complexity index is 670. The summed E-state index contributed by atoms with van der Waals surface area (Å²) in [5, 5.41) is 9.02. The van der Waals surface area contributed by atoms with E-state index in [4.69, 9.17) is 16.9 Å². The van der Waals surface area contributed by atoms with Crippen LogP contribution >= 0.6 is 11.6 Å². The first-order valence-corrected chi connectivity index (χ1v) is 6.43. The quantitative estimate of drug-likeness (QED) is 0.799. The first kappa shape index (κ1) is 14.7. The van der Waals surface area contributed by atoms with E-state index in [9.17, 15) is 13.2 Å². The molecule has 0 aliphatic rings. The van der Waals surface area contributed by atoms with Crippen molar-refractivity contribution in [1.82, 2.24) is 9.55 Å². The van der Waals surface area contributed by atoms with Gasteiger partial charge in [0, 0.05) is 6.04 Å². The fraction of sp³-hybridized carbons (Fsp3) is 0.385. The molecule has 0 saturated carbocycles. The average molecular weight is 302 g/mol. The Hall–Kier alpha value is -1.74. The van der Waals surface area contributed by atoms with E-state index >= 15 is 0 Å². The van der Waals surface area contributed by atoms with Crippen molar-refractivity contribution >= 4 is 22.6 Å². The van der Waals surface area contributed by atoms with E-state index in [0.29, 0.717) is 22.4 Å². The van der Waals surface area contributed by atoms with Gasteiger partial charge < -0.3 is 4.57 Å². The van der Waals surface area contributed by atoms with Crippen molar-refractivity contribution in [3.05, 3.63) is 29.6 Å². The molecular weight excluding hydrogens is 291 g/mol. The highest BCUT2D eigenvalue weighted by molar-refractivity contribution is 6.16. The molecule has 0 radical (unpaired) electrons. The predicted molar refractivity (Wildman–Crippen MR) is 69.4 cm³/mol. The number of nitrogens with zero attached hydrogens (tertiary/aromatic N) is 3. The van der Waals surface area contributed by atoms with Crippen molar-refractivity contribution in [2.75, 3.05) is 0 Å². The Morgan fingerprint density at radius 2 is 2.15 bits per heavy atom. The molecule has 3 nitrogen and oxygen atoms in total. The van der Waals surface area contributed by atoms with Gasteiger partial charge in [0.25, 0.3) is 0 Å². The van der Waals surface area contributed by atoms with E-state index in [1.807, 2.05) is 6.07 Å². The van der Waals surface area contributed by atoms with Gasteiger partial charge in [-0.2, -0.15) is 18.4 Å². The zero-order valence-electron chi connectivity index (χ0n) is 10.6. The smallest absolute Gasteiger partial charge is 0.324 e. The van der Waals surface area contributed by atoms with Crippen LogP contribution in [0.1, 0.15) is 30.8 Å². The standard InChI is InChI=1S/C13H11ClF3N3/c1-8(5-13(15,16)17)20-10-4-2-3-9(7-18)12(10)19-11(20)6-14/h2-4,8H,5-6H2,1H3. The van der Waals surface area contributed by atoms with Crippen LogP contribution in [0.4, 0.5) is 13.2 Å². The van der Waals surface area contributed by atoms with Gasteiger partial charge in [-0.1, -0.05) is 6.07 Å². The van der Waals surface area contributed by atoms with Crippen molar-refractivity contribution in [2.45, 2.75) is 31.4 Å². The highest BCUT2D eigenvalue weighted by Gasteiger charge is 2.32. The molecule has 0 fully saturated rings. The SMILES string of the molecule is CC(CC(F)(F)F)n1c(CCl)nc2c(C#N)cccc21. The highest BCUT2D eigenvalue weighted by atomic mass is 35.5. The second kappa shape index (κ2) is 5.33. The maximum absolute atomic E-state index is 12.6. The van der Waals surface area contributed by atoms with Gasteiger partial charge in [-0.15, -0.1) is 11.6 Å². The molecule has 0 aliphatic carbocycles. The molecule has 106 valence electrons. The van der Waals surface area contributed by atoms with Crippen molar-refractivity contribution in [3.8, 4) is 6.07 Å². The molecule has 2 rings (SSSR count). The molecule has 0 N–H and O–H groups in total. The Labute approximate surface area is 118 Å². The van der Waals surface area contributed by atoms with Crippen LogP contribution < -0.4 is 0 Å². The minimum absolute atomic E-state index is 0.0122. The van der Waals surface area contributed by atoms with E-state index < -0.39 is 18.6 Å². The molecule has 7 heteroatoms. The van der Waals surface area contributed by atoms with E-state index in [1.54, 1.807) is 18.2 Å². The lowest BCUT2D eigenvalue weighted by Gasteiger charge is -2.18. The van der Waals surface area contributed by atoms with Crippen LogP contribution in [0.2, 0.25) is 0 Å². The van der Waals surface area contributed by atoms with Crippen LogP contribution in [0, 0.1) is 11.3 Å². The number of alkyl halides is 4. The first-order valence-electron chi connectivity index (χ1n) is 5.90. The van der Waals surface area contributed by atoms with Crippen LogP contribution in [0.5, 0.6) is 0 Å². The van der Waals surface area contributed by atoms with Crippen LogP contribution in [0.3, 0.4) is 0 Å². The summed E-state index contributed by atoms with van der Waals surface area (Å²) in [6.45, 7) is 1.46. The molecule has 1 heterocycles. The van der Waals surface area contributed by atoms with Gasteiger partial charge in [-0.05, 0) is 19.1 Å². The number of nitriles is 1. The molecule has 0 saturated heterocycles. The third-order valence-electron chi connectivity index (χ3n) is 3.00. The third kappa shape index (κ3) is 2.73. The summed E-state index contributed by atoms with van der Waals surface area (Å²) in [6.07, 6.45) is -5.24. The van der Waals surface area contributed by atoms with Gasteiger partial charge in [0.2, 0.25) is 0 Å². The third-order valence-corrected chi connectivity index (χ3v) is 3.24. The fourth-order valence-corrected chi connectivity index (χ4v) is 2.46. The Morgan fingerprint density at radius 1 is 1.45 bits per heavy atom. The van der Waals surface area contributed by atoms with Gasteiger partial charge in [-0.3, -0.25) is 0 Å². The Morgan fingerprint density at radius 3 is 2.70 bits per heavy atom. The second-order valence-electron chi connectivity index (χ2n) is 4.49. The number of hydrogen-bond donors (Lipinski definition) is 0. The van der Waals surface area contributed by atoms with Crippen molar-refractivity contribution in [3.63, 3.8) is 0 Å². The van der Waals surface area contributed by atoms with E-state index in [1.165, 1.54) is 11.5 Å². The Kier molecular flexibility index (Phi) is 3.91. The lowest BCUT2D eigenvalue weighted by molar-refractivity contribution is -0.141. The molecule has 1 aromatic carbocycles. The van der Waals surface area contributed by atoms with Crippen LogP contribution in [0.25, 0.3) is 11.0 Å². The summed E-state index contributed by atoms with van der Waals surface area (Å²) in [7, 11) is 0. The topological polar surface area (TPSA) is 41.6 Å². The monoisotopic (exact) mass is 301 g/mol. The molecule has 1 aromatic heterocycles. The normalized spacial score (nSPS) is 13.4. The summed E-state index contributed by atoms with van der Waals surface area (Å²) < 4.78 is 39.1. The van der Waals surface area contributed by atoms with E-state index in [0.717, 1.165) is 0 Å². The van der Waals surface area contributed by atoms with Crippen molar-refractivity contribution in [1.29, 1.82) is 5.26 Å². The molecule has 2 aromatic rings. The van der Waals surface area contributed by atoms with Crippen LogP contribution in [-0.2, 0) is 5.88 Å². The number of aromatic nitrogens is 2. The second-order valence-corrected chi connectivity index (χ2v) is 4.75. The summed E-state index contributed by atoms with van der Waals surface area (Å²) >= 11 is 5.77. The van der Waals surface area contributed by atoms with Crippen LogP contribution in [0.15, 0.2) is 18.2 Å². The minimum Gasteiger partial charge on any atom is -0.324 e. The van der Waals surface area contributed by atoms with Gasteiger partial charge >= 0.3 is 6.18 Å². The molecule has 0 aliphatic heterocycles. The molecule has 0 spiro atoms. The van der Waals surface area contributed by atoms with Gasteiger partial charge in [0.05, 0.1) is 23.4 Å². The van der Waals surface area contributed by atoms with Crippen molar-refractivity contribution in [2.24, 2.45) is 0 Å². The van der Waals surface area contributed by atoms with Gasteiger partial charge in [0.1, 0.15) is 17.4 Å². The van der Waals surface area contributed by atoms with Crippen molar-refractivity contribution < 1.29 is 13.2 Å². The number of imidazole rings is 1. The number of fused-ring (bicyclic) bond motifs is 1. The maximum Gasteiger partial charge on any atom is 0.391 e. The molecule has 0 amide bonds. The zero-order valence-corrected chi connectivity index (χ0v) is 11.3. The fourth-order valence-electron chi connectivity index (χ4n) is 2.27. The van der Waals surface area contributed by atoms with Gasteiger partial charge in [-0.25, -0.2) is 4.98 Å². The summed E-state index contributed by atoms with van der Waals surface area (Å²) in [5.74, 6) is 0.322. The predicted octanol–water partition coefficient (Wildman–Crippen LogP) is 4.16. The summed E-state index contributed by atoms with van der Waals surface area (Å²) in [4.78, 5) is 4.19. The highest BCUT2D eigenvalue weighted by Crippen LogP contribution is 2.32. The lowest BCUT2D eigenvalue weighted by atomic mass is 10.2. The summed E-state index contributed by atoms with van der Waals surface area (Å²) in [5.41, 5.74) is 1.21. The number of para-hydroxylation sites is 1. The molecule has 1 atom stereocenters. The average Bonchev–Trinajstić information content (AvgIpc) is 2.74. The van der Waals surface area contributed by atoms with E-state index in [2.05, 4.69) is 4.98 Å². The van der Waals surface area contributed by atoms with E-state index in [-0.39, 0.29) is 5.88 Å². The summed E-state index contributed by atoms with van der Waals surface area (Å²) in [6, 6.07) is 5.99. The molecule has 1 unspecified atom stereocenters. The Balaban J connectivity index is 2.60. The first-order chi connectivity index (χ1) is 9.37. The van der Waals surface area contributed by atoms with Gasteiger partial charge in [0.15, 0.2) is 0 Å². The number of benzene rings is 1.